The van der Waals surface area contributed by atoms with Crippen LogP contribution >= 0.6 is 0 Å². The smallest absolute Gasteiger partial charge is 0.164 e. The predicted octanol–water partition coefficient (Wildman–Crippen LogP) is 1.77. The Balaban J connectivity index is 2.15. The first-order valence-electron chi connectivity index (χ1n) is 5.11. The summed E-state index contributed by atoms with van der Waals surface area (Å²) in [6, 6.07) is 10.2. The van der Waals surface area contributed by atoms with Crippen LogP contribution in [-0.4, -0.2) is 15.2 Å². The van der Waals surface area contributed by atoms with Gasteiger partial charge in [-0.05, 0) is 18.1 Å². The van der Waals surface area contributed by atoms with Gasteiger partial charge in [-0.2, -0.15) is 10.4 Å². The molecule has 4 heteroatoms. The van der Waals surface area contributed by atoms with E-state index in [4.69, 9.17) is 5.26 Å². The number of aryl methyl sites for hydroxylation is 1. The van der Waals surface area contributed by atoms with Gasteiger partial charge in [-0.3, -0.25) is 5.10 Å². The molecule has 0 bridgehead atoms. The Bertz CT molecular complexity index is 522. The first kappa shape index (κ1) is 10.4. The summed E-state index contributed by atoms with van der Waals surface area (Å²) >= 11 is 0. The summed E-state index contributed by atoms with van der Waals surface area (Å²) in [5.41, 5.74) is 2.46. The van der Waals surface area contributed by atoms with Crippen LogP contribution in [-0.2, 0) is 12.8 Å². The summed E-state index contributed by atoms with van der Waals surface area (Å²) in [6.45, 7) is 2.07. The molecule has 0 fully saturated rings. The topological polar surface area (TPSA) is 65.4 Å². The highest BCUT2D eigenvalue weighted by atomic mass is 15.2. The number of hydrogen-bond acceptors (Lipinski definition) is 3. The van der Waals surface area contributed by atoms with Gasteiger partial charge < -0.3 is 0 Å². The van der Waals surface area contributed by atoms with E-state index in [9.17, 15) is 0 Å². The number of rotatable bonds is 3. The molecule has 16 heavy (non-hydrogen) atoms. The number of nitrogens with zero attached hydrogens (tertiary/aromatic N) is 3. The molecule has 0 saturated heterocycles. The molecule has 0 saturated carbocycles. The van der Waals surface area contributed by atoms with E-state index < -0.39 is 0 Å². The Labute approximate surface area is 94.0 Å². The molecule has 0 amide bonds. The minimum absolute atomic E-state index is 0.254. The molecule has 4 nitrogen and oxygen atoms in total. The molecule has 0 atom stereocenters. The molecule has 0 unspecified atom stereocenters. The van der Waals surface area contributed by atoms with E-state index in [0.717, 1.165) is 12.2 Å². The molecule has 0 aliphatic rings. The maximum Gasteiger partial charge on any atom is 0.164 e. The second-order valence-electron chi connectivity index (χ2n) is 3.64. The number of nitriles is 1. The summed E-state index contributed by atoms with van der Waals surface area (Å²) in [6.07, 6.45) is 0.982. The zero-order valence-electron chi connectivity index (χ0n) is 9.07. The van der Waals surface area contributed by atoms with Crippen LogP contribution in [0.4, 0.5) is 0 Å². The van der Waals surface area contributed by atoms with Crippen LogP contribution in [0.5, 0.6) is 0 Å². The second-order valence-corrected chi connectivity index (χ2v) is 3.64. The molecule has 1 aromatic carbocycles. The Morgan fingerprint density at radius 3 is 2.94 bits per heavy atom. The van der Waals surface area contributed by atoms with Crippen molar-refractivity contribution >= 4 is 0 Å². The molecule has 1 heterocycles. The van der Waals surface area contributed by atoms with E-state index in [1.807, 2.05) is 18.2 Å². The van der Waals surface area contributed by atoms with Gasteiger partial charge in [0, 0.05) is 6.42 Å². The fourth-order valence-electron chi connectivity index (χ4n) is 1.55. The molecule has 0 spiro atoms. The zero-order chi connectivity index (χ0) is 11.4. The van der Waals surface area contributed by atoms with E-state index in [0.29, 0.717) is 5.82 Å². The summed E-state index contributed by atoms with van der Waals surface area (Å²) < 4.78 is 0. The van der Waals surface area contributed by atoms with Crippen LogP contribution in [0.2, 0.25) is 0 Å². The third kappa shape index (κ3) is 2.26. The minimum atomic E-state index is 0.254. The highest BCUT2D eigenvalue weighted by Crippen LogP contribution is 2.10. The first-order valence-corrected chi connectivity index (χ1v) is 5.11. The molecule has 80 valence electrons. The fourth-order valence-corrected chi connectivity index (χ4v) is 1.55. The normalized spacial score (nSPS) is 10.0. The lowest BCUT2D eigenvalue weighted by molar-refractivity contribution is 0.960. The molecule has 2 aromatic rings. The SMILES string of the molecule is Cc1ccccc1Cc1nc(CC#N)n[nH]1. The monoisotopic (exact) mass is 212 g/mol. The Morgan fingerprint density at radius 1 is 1.38 bits per heavy atom. The van der Waals surface area contributed by atoms with Crippen LogP contribution in [0.3, 0.4) is 0 Å². The maximum atomic E-state index is 8.52. The lowest BCUT2D eigenvalue weighted by atomic mass is 10.1. The van der Waals surface area contributed by atoms with Crippen molar-refractivity contribution in [1.29, 1.82) is 5.26 Å². The minimum Gasteiger partial charge on any atom is -0.263 e. The van der Waals surface area contributed by atoms with Crippen LogP contribution in [0, 0.1) is 18.3 Å². The van der Waals surface area contributed by atoms with Gasteiger partial charge in [0.1, 0.15) is 5.82 Å². The molecule has 0 aliphatic carbocycles. The lowest BCUT2D eigenvalue weighted by Gasteiger charge is -2.01. The van der Waals surface area contributed by atoms with Crippen LogP contribution < -0.4 is 0 Å². The molecular formula is C12H12N4. The summed E-state index contributed by atoms with van der Waals surface area (Å²) in [7, 11) is 0. The Morgan fingerprint density at radius 2 is 2.19 bits per heavy atom. The molecule has 2 rings (SSSR count). The van der Waals surface area contributed by atoms with E-state index in [-0.39, 0.29) is 6.42 Å². The van der Waals surface area contributed by atoms with Gasteiger partial charge in [-0.15, -0.1) is 0 Å². The number of aromatic nitrogens is 3. The summed E-state index contributed by atoms with van der Waals surface area (Å²) in [5.74, 6) is 1.37. The predicted molar refractivity (Wildman–Crippen MR) is 59.7 cm³/mol. The van der Waals surface area contributed by atoms with Crippen molar-refractivity contribution in [3.05, 3.63) is 47.0 Å². The van der Waals surface area contributed by atoms with Crippen molar-refractivity contribution in [1.82, 2.24) is 15.2 Å². The van der Waals surface area contributed by atoms with Gasteiger partial charge in [-0.1, -0.05) is 24.3 Å². The van der Waals surface area contributed by atoms with Crippen LogP contribution in [0.1, 0.15) is 22.8 Å². The van der Waals surface area contributed by atoms with Crippen molar-refractivity contribution in [2.45, 2.75) is 19.8 Å². The number of H-pyrrole nitrogens is 1. The maximum absolute atomic E-state index is 8.52. The summed E-state index contributed by atoms with van der Waals surface area (Å²) in [4.78, 5) is 4.25. The van der Waals surface area contributed by atoms with Crippen LogP contribution in [0.25, 0.3) is 0 Å². The van der Waals surface area contributed by atoms with Gasteiger partial charge >= 0.3 is 0 Å². The number of benzene rings is 1. The van der Waals surface area contributed by atoms with Gasteiger partial charge in [0.25, 0.3) is 0 Å². The number of hydrogen-bond donors (Lipinski definition) is 1. The quantitative estimate of drug-likeness (QED) is 0.843. The molecular weight excluding hydrogens is 200 g/mol. The van der Waals surface area contributed by atoms with E-state index in [2.05, 4.69) is 34.2 Å². The zero-order valence-corrected chi connectivity index (χ0v) is 9.07. The number of aromatic amines is 1. The Hall–Kier alpha value is -2.15. The van der Waals surface area contributed by atoms with Crippen molar-refractivity contribution in [2.75, 3.05) is 0 Å². The average molecular weight is 212 g/mol. The van der Waals surface area contributed by atoms with Gasteiger partial charge in [0.05, 0.1) is 12.5 Å². The second kappa shape index (κ2) is 4.58. The number of nitrogens with one attached hydrogen (secondary N) is 1. The lowest BCUT2D eigenvalue weighted by Crippen LogP contribution is -1.93. The van der Waals surface area contributed by atoms with Crippen LogP contribution in [0.15, 0.2) is 24.3 Å². The Kier molecular flexibility index (Phi) is 2.97. The molecule has 0 radical (unpaired) electrons. The summed E-state index contributed by atoms with van der Waals surface area (Å²) in [5, 5.41) is 15.3. The van der Waals surface area contributed by atoms with Crippen molar-refractivity contribution in [2.24, 2.45) is 0 Å². The largest absolute Gasteiger partial charge is 0.263 e. The molecule has 1 N–H and O–H groups in total. The molecule has 0 aliphatic heterocycles. The average Bonchev–Trinajstić information content (AvgIpc) is 2.70. The van der Waals surface area contributed by atoms with Crippen molar-refractivity contribution < 1.29 is 0 Å². The van der Waals surface area contributed by atoms with Gasteiger partial charge in [0.15, 0.2) is 5.82 Å². The van der Waals surface area contributed by atoms with Crippen molar-refractivity contribution in [3.8, 4) is 6.07 Å². The fraction of sp³-hybridized carbons (Fsp3) is 0.250. The third-order valence-electron chi connectivity index (χ3n) is 2.43. The van der Waals surface area contributed by atoms with E-state index in [1.54, 1.807) is 0 Å². The third-order valence-corrected chi connectivity index (χ3v) is 2.43. The van der Waals surface area contributed by atoms with E-state index in [1.165, 1.54) is 11.1 Å². The molecule has 1 aromatic heterocycles. The standard InChI is InChI=1S/C12H12N4/c1-9-4-2-3-5-10(9)8-12-14-11(6-7-13)15-16-12/h2-5H,6,8H2,1H3,(H,14,15,16). The highest BCUT2D eigenvalue weighted by molar-refractivity contribution is 5.28. The van der Waals surface area contributed by atoms with E-state index >= 15 is 0 Å². The van der Waals surface area contributed by atoms with Gasteiger partial charge in [0.2, 0.25) is 0 Å². The first-order chi connectivity index (χ1) is 7.79. The van der Waals surface area contributed by atoms with Crippen molar-refractivity contribution in [3.63, 3.8) is 0 Å². The van der Waals surface area contributed by atoms with Gasteiger partial charge in [-0.25, -0.2) is 4.98 Å². The highest BCUT2D eigenvalue weighted by Gasteiger charge is 2.04.